The average Bonchev–Trinajstić information content (AvgIpc) is 3.07. The lowest BCUT2D eigenvalue weighted by atomic mass is 10.2. The number of hydrogen-bond acceptors (Lipinski definition) is 6. The number of rotatable bonds is 6. The fraction of sp³-hybridized carbons (Fsp3) is 0.471. The van der Waals surface area contributed by atoms with Crippen molar-refractivity contribution in [1.82, 2.24) is 25.7 Å². The second-order valence-corrected chi connectivity index (χ2v) is 7.07. The Hall–Kier alpha value is -1.87. The Balaban J connectivity index is 1.41. The molecule has 146 valence electrons. The molecule has 0 bridgehead atoms. The third kappa shape index (κ3) is 6.07. The molecular weight excluding hydrogens is 393 g/mol. The molecule has 0 spiro atoms. The van der Waals surface area contributed by atoms with Gasteiger partial charge in [0.2, 0.25) is 11.8 Å². The topological polar surface area (TPSA) is 92.5 Å². The van der Waals surface area contributed by atoms with Crippen LogP contribution >= 0.6 is 23.2 Å². The highest BCUT2D eigenvalue weighted by molar-refractivity contribution is 6.42. The van der Waals surface area contributed by atoms with Crippen molar-refractivity contribution < 1.29 is 13.9 Å². The van der Waals surface area contributed by atoms with E-state index in [0.29, 0.717) is 41.5 Å². The van der Waals surface area contributed by atoms with Gasteiger partial charge in [-0.2, -0.15) is 0 Å². The number of nitrogens with zero attached hydrogens (tertiary/aromatic N) is 3. The van der Waals surface area contributed by atoms with Gasteiger partial charge in [0.1, 0.15) is 0 Å². The zero-order valence-corrected chi connectivity index (χ0v) is 16.4. The Morgan fingerprint density at radius 3 is 2.89 bits per heavy atom. The lowest BCUT2D eigenvalue weighted by Gasteiger charge is -2.33. The van der Waals surface area contributed by atoms with E-state index in [1.165, 1.54) is 0 Å². The maximum absolute atomic E-state index is 11.9. The van der Waals surface area contributed by atoms with Crippen molar-refractivity contribution in [3.63, 3.8) is 0 Å². The predicted molar refractivity (Wildman–Crippen MR) is 101 cm³/mol. The maximum atomic E-state index is 11.9. The van der Waals surface area contributed by atoms with E-state index >= 15 is 0 Å². The summed E-state index contributed by atoms with van der Waals surface area (Å²) in [7, 11) is 0. The van der Waals surface area contributed by atoms with E-state index < -0.39 is 0 Å². The minimum Gasteiger partial charge on any atom is -0.424 e. The number of urea groups is 1. The SMILES string of the molecule is Cc1nnc(CNC(=O)NC[C@H]2CN(Cc3ccc(Cl)c(Cl)c3)CCO2)o1. The van der Waals surface area contributed by atoms with Crippen LogP contribution in [0.2, 0.25) is 10.0 Å². The van der Waals surface area contributed by atoms with Crippen molar-refractivity contribution in [2.24, 2.45) is 0 Å². The summed E-state index contributed by atoms with van der Waals surface area (Å²) < 4.78 is 10.9. The van der Waals surface area contributed by atoms with Crippen molar-refractivity contribution in [3.05, 3.63) is 45.6 Å². The smallest absolute Gasteiger partial charge is 0.315 e. The standard InChI is InChI=1S/C17H21Cl2N5O3/c1-11-22-23-16(27-11)8-21-17(25)20-7-13-10-24(4-5-26-13)9-12-2-3-14(18)15(19)6-12/h2-3,6,13H,4-5,7-10H2,1H3,(H2,20,21,25)/t13-/m0/s1. The first-order valence-corrected chi connectivity index (χ1v) is 9.34. The summed E-state index contributed by atoms with van der Waals surface area (Å²) in [4.78, 5) is 14.2. The van der Waals surface area contributed by atoms with Crippen LogP contribution in [0, 0.1) is 6.92 Å². The van der Waals surface area contributed by atoms with Gasteiger partial charge in [0, 0.05) is 33.1 Å². The van der Waals surface area contributed by atoms with Gasteiger partial charge in [-0.15, -0.1) is 10.2 Å². The Morgan fingerprint density at radius 2 is 2.15 bits per heavy atom. The Bertz CT molecular complexity index is 786. The third-order valence-electron chi connectivity index (χ3n) is 4.07. The number of benzene rings is 1. The molecule has 2 aromatic rings. The zero-order valence-electron chi connectivity index (χ0n) is 14.9. The average molecular weight is 414 g/mol. The van der Waals surface area contributed by atoms with Gasteiger partial charge >= 0.3 is 6.03 Å². The van der Waals surface area contributed by atoms with Crippen molar-refractivity contribution >= 4 is 29.2 Å². The molecule has 0 unspecified atom stereocenters. The number of ether oxygens (including phenoxy) is 1. The van der Waals surface area contributed by atoms with Gasteiger partial charge in [-0.3, -0.25) is 4.90 Å². The first kappa shape index (κ1) is 19.9. The number of carbonyl (C=O) groups excluding carboxylic acids is 1. The summed E-state index contributed by atoms with van der Waals surface area (Å²) in [6.45, 7) is 5.17. The fourth-order valence-electron chi connectivity index (χ4n) is 2.78. The molecule has 1 aromatic heterocycles. The van der Waals surface area contributed by atoms with E-state index in [4.69, 9.17) is 32.4 Å². The van der Waals surface area contributed by atoms with E-state index in [2.05, 4.69) is 25.7 Å². The molecule has 10 heteroatoms. The van der Waals surface area contributed by atoms with Gasteiger partial charge in [0.25, 0.3) is 0 Å². The Morgan fingerprint density at radius 1 is 1.30 bits per heavy atom. The summed E-state index contributed by atoms with van der Waals surface area (Å²) in [6.07, 6.45) is -0.0853. The predicted octanol–water partition coefficient (Wildman–Crippen LogP) is 2.39. The van der Waals surface area contributed by atoms with Gasteiger partial charge in [0.05, 0.1) is 29.3 Å². The van der Waals surface area contributed by atoms with Crippen molar-refractivity contribution in [2.75, 3.05) is 26.2 Å². The molecule has 2 heterocycles. The summed E-state index contributed by atoms with van der Waals surface area (Å²) in [5.74, 6) is 0.828. The fourth-order valence-corrected chi connectivity index (χ4v) is 3.10. The molecule has 1 aliphatic rings. The number of amides is 2. The first-order valence-electron chi connectivity index (χ1n) is 8.58. The molecule has 3 rings (SSSR count). The molecular formula is C17H21Cl2N5O3. The third-order valence-corrected chi connectivity index (χ3v) is 4.81. The van der Waals surface area contributed by atoms with E-state index in [9.17, 15) is 4.79 Å². The molecule has 2 amide bonds. The van der Waals surface area contributed by atoms with E-state index in [1.54, 1.807) is 13.0 Å². The van der Waals surface area contributed by atoms with Crippen LogP contribution in [0.5, 0.6) is 0 Å². The number of halogens is 2. The summed E-state index contributed by atoms with van der Waals surface area (Å²) in [5.41, 5.74) is 1.09. The molecule has 0 saturated carbocycles. The van der Waals surface area contributed by atoms with Crippen LogP contribution in [0.25, 0.3) is 0 Å². The number of nitrogens with one attached hydrogen (secondary N) is 2. The highest BCUT2D eigenvalue weighted by Gasteiger charge is 2.21. The maximum Gasteiger partial charge on any atom is 0.315 e. The highest BCUT2D eigenvalue weighted by Crippen LogP contribution is 2.23. The second kappa shape index (κ2) is 9.36. The molecule has 2 N–H and O–H groups in total. The van der Waals surface area contributed by atoms with Gasteiger partial charge in [-0.1, -0.05) is 29.3 Å². The molecule has 0 radical (unpaired) electrons. The number of aromatic nitrogens is 2. The number of carbonyl (C=O) groups is 1. The van der Waals surface area contributed by atoms with Crippen LogP contribution in [0.4, 0.5) is 4.79 Å². The minimum atomic E-state index is -0.309. The molecule has 1 aliphatic heterocycles. The lowest BCUT2D eigenvalue weighted by Crippen LogP contribution is -2.48. The van der Waals surface area contributed by atoms with E-state index in [-0.39, 0.29) is 18.7 Å². The number of hydrogen-bond donors (Lipinski definition) is 2. The number of morpholine rings is 1. The van der Waals surface area contributed by atoms with Crippen LogP contribution in [-0.4, -0.2) is 53.5 Å². The summed E-state index contributed by atoms with van der Waals surface area (Å²) >= 11 is 12.0. The highest BCUT2D eigenvalue weighted by atomic mass is 35.5. The van der Waals surface area contributed by atoms with Gasteiger partial charge in [0.15, 0.2) is 0 Å². The van der Waals surface area contributed by atoms with Gasteiger partial charge in [-0.05, 0) is 17.7 Å². The van der Waals surface area contributed by atoms with Crippen LogP contribution in [0.1, 0.15) is 17.3 Å². The second-order valence-electron chi connectivity index (χ2n) is 6.25. The molecule has 1 aromatic carbocycles. The summed E-state index contributed by atoms with van der Waals surface area (Å²) in [5, 5.41) is 14.1. The van der Waals surface area contributed by atoms with E-state index in [1.807, 2.05) is 12.1 Å². The molecule has 1 atom stereocenters. The van der Waals surface area contributed by atoms with Crippen LogP contribution in [0.15, 0.2) is 22.6 Å². The molecule has 27 heavy (non-hydrogen) atoms. The van der Waals surface area contributed by atoms with Crippen LogP contribution in [0.3, 0.4) is 0 Å². The lowest BCUT2D eigenvalue weighted by molar-refractivity contribution is -0.0287. The monoisotopic (exact) mass is 413 g/mol. The largest absolute Gasteiger partial charge is 0.424 e. The molecule has 1 fully saturated rings. The van der Waals surface area contributed by atoms with Crippen molar-refractivity contribution in [1.29, 1.82) is 0 Å². The van der Waals surface area contributed by atoms with E-state index in [0.717, 1.165) is 18.7 Å². The molecule has 0 aliphatic carbocycles. The number of aryl methyl sites for hydroxylation is 1. The van der Waals surface area contributed by atoms with Crippen LogP contribution in [-0.2, 0) is 17.8 Å². The van der Waals surface area contributed by atoms with Crippen molar-refractivity contribution in [2.45, 2.75) is 26.1 Å². The molecule has 8 nitrogen and oxygen atoms in total. The Kier molecular flexibility index (Phi) is 6.89. The first-order chi connectivity index (χ1) is 13.0. The van der Waals surface area contributed by atoms with Crippen molar-refractivity contribution in [3.8, 4) is 0 Å². The summed E-state index contributed by atoms with van der Waals surface area (Å²) in [6, 6.07) is 5.33. The quantitative estimate of drug-likeness (QED) is 0.754. The zero-order chi connectivity index (χ0) is 19.2. The minimum absolute atomic E-state index is 0.0853. The van der Waals surface area contributed by atoms with Gasteiger partial charge in [-0.25, -0.2) is 4.79 Å². The Labute approximate surface area is 167 Å². The molecule has 1 saturated heterocycles. The van der Waals surface area contributed by atoms with Crippen LogP contribution < -0.4 is 10.6 Å². The van der Waals surface area contributed by atoms with Gasteiger partial charge < -0.3 is 19.8 Å². The normalized spacial score (nSPS) is 17.7.